The van der Waals surface area contributed by atoms with E-state index in [-0.39, 0.29) is 12.1 Å². The van der Waals surface area contributed by atoms with Crippen molar-refractivity contribution in [1.82, 2.24) is 20.1 Å². The van der Waals surface area contributed by atoms with Crippen LogP contribution in [0, 0.1) is 6.92 Å². The number of aryl methyl sites for hydroxylation is 1. The van der Waals surface area contributed by atoms with E-state index in [4.69, 9.17) is 4.74 Å². The van der Waals surface area contributed by atoms with E-state index in [1.807, 2.05) is 32.4 Å². The number of hydrogen-bond donors (Lipinski definition) is 1. The molecule has 0 unspecified atom stereocenters. The van der Waals surface area contributed by atoms with Gasteiger partial charge in [-0.05, 0) is 27.7 Å². The number of fused-ring (bicyclic) bond motifs is 1. The minimum atomic E-state index is -0.467. The van der Waals surface area contributed by atoms with Crippen LogP contribution in [0.3, 0.4) is 0 Å². The Kier molecular flexibility index (Phi) is 2.81. The molecule has 0 saturated heterocycles. The Hall–Kier alpha value is -1.59. The van der Waals surface area contributed by atoms with Crippen molar-refractivity contribution in [1.29, 1.82) is 0 Å². The summed E-state index contributed by atoms with van der Waals surface area (Å²) in [5, 5.41) is 7.06. The number of ether oxygens (including phenoxy) is 1. The Morgan fingerprint density at radius 2 is 2.24 bits per heavy atom. The van der Waals surface area contributed by atoms with Gasteiger partial charge in [0.1, 0.15) is 17.2 Å². The van der Waals surface area contributed by atoms with Gasteiger partial charge in [0.25, 0.3) is 0 Å². The van der Waals surface area contributed by atoms with Crippen molar-refractivity contribution < 1.29 is 9.53 Å². The molecule has 1 amide bonds. The van der Waals surface area contributed by atoms with Gasteiger partial charge in [0.2, 0.25) is 0 Å². The van der Waals surface area contributed by atoms with E-state index in [1.54, 1.807) is 0 Å². The van der Waals surface area contributed by atoms with Crippen LogP contribution in [0.25, 0.3) is 0 Å². The molecule has 6 nitrogen and oxygen atoms in total. The molecule has 0 bridgehead atoms. The minimum Gasteiger partial charge on any atom is -0.444 e. The second-order valence-electron chi connectivity index (χ2n) is 5.30. The molecule has 1 aliphatic heterocycles. The van der Waals surface area contributed by atoms with Gasteiger partial charge in [0, 0.05) is 6.42 Å². The number of nitrogens with zero attached hydrogens (tertiary/aromatic N) is 3. The molecule has 94 valence electrons. The summed E-state index contributed by atoms with van der Waals surface area (Å²) >= 11 is 0. The Morgan fingerprint density at radius 3 is 2.82 bits per heavy atom. The predicted octanol–water partition coefficient (Wildman–Crippen LogP) is 1.04. The maximum atomic E-state index is 11.6. The zero-order valence-corrected chi connectivity index (χ0v) is 10.6. The van der Waals surface area contributed by atoms with Gasteiger partial charge < -0.3 is 10.1 Å². The number of rotatable bonds is 1. The van der Waals surface area contributed by atoms with Gasteiger partial charge in [0.15, 0.2) is 0 Å². The summed E-state index contributed by atoms with van der Waals surface area (Å²) < 4.78 is 7.03. The van der Waals surface area contributed by atoms with Gasteiger partial charge in [-0.25, -0.2) is 14.5 Å². The fourth-order valence-electron chi connectivity index (χ4n) is 1.86. The largest absolute Gasteiger partial charge is 0.444 e. The monoisotopic (exact) mass is 238 g/mol. The molecule has 1 aliphatic rings. The third-order valence-electron chi connectivity index (χ3n) is 2.40. The highest BCUT2D eigenvalue weighted by molar-refractivity contribution is 5.68. The molecular formula is C11H18N4O2. The van der Waals surface area contributed by atoms with Gasteiger partial charge >= 0.3 is 6.09 Å². The van der Waals surface area contributed by atoms with E-state index in [0.717, 1.165) is 11.6 Å². The summed E-state index contributed by atoms with van der Waals surface area (Å²) in [7, 11) is 0. The number of nitrogens with one attached hydrogen (secondary N) is 1. The summed E-state index contributed by atoms with van der Waals surface area (Å²) in [5.41, 5.74) is -0.467. The zero-order chi connectivity index (χ0) is 12.6. The summed E-state index contributed by atoms with van der Waals surface area (Å²) in [6, 6.07) is 0.0282. The number of alkyl carbamates (subject to hydrolysis) is 1. The molecule has 1 aromatic heterocycles. The van der Waals surface area contributed by atoms with E-state index in [2.05, 4.69) is 15.4 Å². The first kappa shape index (κ1) is 11.9. The second kappa shape index (κ2) is 4.01. The van der Waals surface area contributed by atoms with Crippen molar-refractivity contribution in [2.45, 2.75) is 52.3 Å². The van der Waals surface area contributed by atoms with Crippen LogP contribution in [0.2, 0.25) is 0 Å². The molecule has 17 heavy (non-hydrogen) atoms. The molecule has 0 aliphatic carbocycles. The van der Waals surface area contributed by atoms with E-state index in [0.29, 0.717) is 13.0 Å². The van der Waals surface area contributed by atoms with Gasteiger partial charge in [-0.1, -0.05) is 0 Å². The summed E-state index contributed by atoms with van der Waals surface area (Å²) in [6.45, 7) is 8.06. The Bertz CT molecular complexity index is 410. The van der Waals surface area contributed by atoms with Gasteiger partial charge in [0.05, 0.1) is 12.6 Å². The first-order chi connectivity index (χ1) is 7.83. The Labute approximate surface area is 100 Å². The van der Waals surface area contributed by atoms with Crippen molar-refractivity contribution in [2.75, 3.05) is 0 Å². The standard InChI is InChI=1S/C11H18N4O2/c1-7-12-9-5-8(6-15(9)14-7)13-10(16)17-11(2,3)4/h8H,5-6H2,1-4H3,(H,13,16)/t8-/m1/s1. The molecule has 2 rings (SSSR count). The maximum Gasteiger partial charge on any atom is 0.407 e. The van der Waals surface area contributed by atoms with Crippen molar-refractivity contribution in [3.8, 4) is 0 Å². The quantitative estimate of drug-likeness (QED) is 0.793. The first-order valence-electron chi connectivity index (χ1n) is 5.73. The van der Waals surface area contributed by atoms with Crippen LogP contribution in [0.5, 0.6) is 0 Å². The third-order valence-corrected chi connectivity index (χ3v) is 2.40. The topological polar surface area (TPSA) is 69.0 Å². The van der Waals surface area contributed by atoms with Crippen molar-refractivity contribution in [2.24, 2.45) is 0 Å². The molecule has 0 saturated carbocycles. The molecule has 1 N–H and O–H groups in total. The minimum absolute atomic E-state index is 0.0282. The van der Waals surface area contributed by atoms with Crippen molar-refractivity contribution in [3.05, 3.63) is 11.6 Å². The highest BCUT2D eigenvalue weighted by atomic mass is 16.6. The zero-order valence-electron chi connectivity index (χ0n) is 10.6. The van der Waals surface area contributed by atoms with Crippen molar-refractivity contribution >= 4 is 6.09 Å². The van der Waals surface area contributed by atoms with E-state index in [9.17, 15) is 4.79 Å². The van der Waals surface area contributed by atoms with E-state index >= 15 is 0 Å². The van der Waals surface area contributed by atoms with Crippen LogP contribution in [-0.4, -0.2) is 32.5 Å². The average molecular weight is 238 g/mol. The first-order valence-corrected chi connectivity index (χ1v) is 5.73. The maximum absolute atomic E-state index is 11.6. The lowest BCUT2D eigenvalue weighted by Gasteiger charge is -2.21. The molecule has 2 heterocycles. The van der Waals surface area contributed by atoms with Crippen LogP contribution in [0.15, 0.2) is 0 Å². The smallest absolute Gasteiger partial charge is 0.407 e. The molecule has 1 aromatic rings. The van der Waals surface area contributed by atoms with Gasteiger partial charge in [-0.3, -0.25) is 0 Å². The molecule has 6 heteroatoms. The number of carbonyl (C=O) groups is 1. The second-order valence-corrected chi connectivity index (χ2v) is 5.30. The van der Waals surface area contributed by atoms with E-state index < -0.39 is 5.60 Å². The summed E-state index contributed by atoms with van der Waals surface area (Å²) in [4.78, 5) is 15.9. The number of hydrogen-bond acceptors (Lipinski definition) is 4. The lowest BCUT2D eigenvalue weighted by atomic mass is 10.2. The molecule has 0 spiro atoms. The van der Waals surface area contributed by atoms with Gasteiger partial charge in [-0.2, -0.15) is 5.10 Å². The predicted molar refractivity (Wildman–Crippen MR) is 61.6 cm³/mol. The Balaban J connectivity index is 1.87. The molecule has 1 atom stereocenters. The summed E-state index contributed by atoms with van der Waals surface area (Å²) in [5.74, 6) is 1.69. The average Bonchev–Trinajstić information content (AvgIpc) is 2.56. The molecule has 0 radical (unpaired) electrons. The summed E-state index contributed by atoms with van der Waals surface area (Å²) in [6.07, 6.45) is 0.324. The normalized spacial score (nSPS) is 18.9. The third kappa shape index (κ3) is 2.95. The van der Waals surface area contributed by atoms with Crippen LogP contribution in [0.1, 0.15) is 32.4 Å². The molecule has 0 aromatic carbocycles. The number of carbonyl (C=O) groups excluding carboxylic acids is 1. The molecular weight excluding hydrogens is 220 g/mol. The number of aromatic nitrogens is 3. The highest BCUT2D eigenvalue weighted by Crippen LogP contribution is 2.13. The van der Waals surface area contributed by atoms with E-state index in [1.165, 1.54) is 0 Å². The van der Waals surface area contributed by atoms with Crippen LogP contribution < -0.4 is 5.32 Å². The fraction of sp³-hybridized carbons (Fsp3) is 0.727. The molecule has 0 fully saturated rings. The highest BCUT2D eigenvalue weighted by Gasteiger charge is 2.27. The Morgan fingerprint density at radius 1 is 1.53 bits per heavy atom. The van der Waals surface area contributed by atoms with Crippen LogP contribution in [0.4, 0.5) is 4.79 Å². The lowest BCUT2D eigenvalue weighted by molar-refractivity contribution is 0.0503. The SMILES string of the molecule is Cc1nc2n(n1)C[C@H](NC(=O)OC(C)(C)C)C2. The van der Waals surface area contributed by atoms with Crippen LogP contribution >= 0.6 is 0 Å². The van der Waals surface area contributed by atoms with Crippen molar-refractivity contribution in [3.63, 3.8) is 0 Å². The fourth-order valence-corrected chi connectivity index (χ4v) is 1.86. The number of amides is 1. The van der Waals surface area contributed by atoms with Gasteiger partial charge in [-0.15, -0.1) is 0 Å². The lowest BCUT2D eigenvalue weighted by Crippen LogP contribution is -2.40. The van der Waals surface area contributed by atoms with Crippen LogP contribution in [-0.2, 0) is 17.7 Å².